The standard InChI is InChI=1S/C25H23N3O7/c1-3-33-23-15-18(13-14-22(23)35-25(30)19-9-5-4-6-10-19)16-26-27-24(29)17(2)34-21-12-8-7-11-20(21)28(31)32/h4-17H,3H2,1-2H3,(H,27,29)/b26-16-/t17-/m1/s1. The summed E-state index contributed by atoms with van der Waals surface area (Å²) in [6, 6.07) is 19.2. The van der Waals surface area contributed by atoms with Crippen LogP contribution >= 0.6 is 0 Å². The van der Waals surface area contributed by atoms with Gasteiger partial charge in [-0.05, 0) is 55.8 Å². The summed E-state index contributed by atoms with van der Waals surface area (Å²) in [6.45, 7) is 3.58. The molecule has 0 heterocycles. The fourth-order valence-electron chi connectivity index (χ4n) is 2.90. The van der Waals surface area contributed by atoms with Gasteiger partial charge in [-0.3, -0.25) is 14.9 Å². The van der Waals surface area contributed by atoms with Crippen LogP contribution in [0.1, 0.15) is 29.8 Å². The lowest BCUT2D eigenvalue weighted by Gasteiger charge is -2.13. The van der Waals surface area contributed by atoms with Crippen molar-refractivity contribution in [2.45, 2.75) is 20.0 Å². The van der Waals surface area contributed by atoms with Crippen molar-refractivity contribution >= 4 is 23.8 Å². The Morgan fingerprint density at radius 1 is 1.03 bits per heavy atom. The van der Waals surface area contributed by atoms with Crippen LogP contribution in [0.3, 0.4) is 0 Å². The SMILES string of the molecule is CCOc1cc(/C=N\NC(=O)[C@@H](C)Oc2ccccc2[N+](=O)[O-])ccc1OC(=O)c1ccccc1. The van der Waals surface area contributed by atoms with Gasteiger partial charge in [0.1, 0.15) is 0 Å². The maximum atomic E-state index is 12.4. The number of nitro groups is 1. The number of benzene rings is 3. The van der Waals surface area contributed by atoms with Crippen molar-refractivity contribution < 1.29 is 28.7 Å². The third-order valence-electron chi connectivity index (χ3n) is 4.60. The highest BCUT2D eigenvalue weighted by Gasteiger charge is 2.20. The Labute approximate surface area is 201 Å². The predicted molar refractivity (Wildman–Crippen MR) is 128 cm³/mol. The van der Waals surface area contributed by atoms with Gasteiger partial charge in [-0.25, -0.2) is 10.2 Å². The number of hydrogen-bond donors (Lipinski definition) is 1. The number of carbonyl (C=O) groups is 2. The molecule has 10 nitrogen and oxygen atoms in total. The Morgan fingerprint density at radius 2 is 1.74 bits per heavy atom. The Hall–Kier alpha value is -4.73. The molecule has 1 amide bonds. The summed E-state index contributed by atoms with van der Waals surface area (Å²) in [4.78, 5) is 35.2. The quantitative estimate of drug-likeness (QED) is 0.153. The third kappa shape index (κ3) is 6.87. The summed E-state index contributed by atoms with van der Waals surface area (Å²) < 4.78 is 16.4. The van der Waals surface area contributed by atoms with Crippen molar-refractivity contribution in [2.24, 2.45) is 5.10 Å². The molecule has 3 aromatic carbocycles. The van der Waals surface area contributed by atoms with E-state index in [0.29, 0.717) is 23.5 Å². The lowest BCUT2D eigenvalue weighted by Crippen LogP contribution is -2.33. The lowest BCUT2D eigenvalue weighted by molar-refractivity contribution is -0.386. The molecule has 0 saturated heterocycles. The van der Waals surface area contributed by atoms with Crippen molar-refractivity contribution in [1.82, 2.24) is 5.43 Å². The van der Waals surface area contributed by atoms with Gasteiger partial charge in [0, 0.05) is 6.07 Å². The van der Waals surface area contributed by atoms with Crippen LogP contribution in [0.25, 0.3) is 0 Å². The van der Waals surface area contributed by atoms with Gasteiger partial charge in [0.15, 0.2) is 23.4 Å². The Kier molecular flexibility index (Phi) is 8.49. The molecule has 0 fully saturated rings. The number of esters is 1. The first kappa shape index (κ1) is 24.9. The number of ether oxygens (including phenoxy) is 3. The molecule has 1 N–H and O–H groups in total. The minimum Gasteiger partial charge on any atom is -0.490 e. The maximum Gasteiger partial charge on any atom is 0.343 e. The summed E-state index contributed by atoms with van der Waals surface area (Å²) in [5, 5.41) is 15.0. The van der Waals surface area contributed by atoms with Gasteiger partial charge in [-0.15, -0.1) is 0 Å². The van der Waals surface area contributed by atoms with Crippen LogP contribution in [-0.4, -0.2) is 35.7 Å². The van der Waals surface area contributed by atoms with Crippen LogP contribution in [0.5, 0.6) is 17.2 Å². The van der Waals surface area contributed by atoms with Crippen LogP contribution in [0.15, 0.2) is 77.9 Å². The van der Waals surface area contributed by atoms with Crippen LogP contribution in [0.2, 0.25) is 0 Å². The molecule has 0 aliphatic rings. The summed E-state index contributed by atoms with van der Waals surface area (Å²) >= 11 is 0. The number of nitrogens with one attached hydrogen (secondary N) is 1. The van der Waals surface area contributed by atoms with E-state index in [4.69, 9.17) is 14.2 Å². The van der Waals surface area contributed by atoms with Gasteiger partial charge in [0.2, 0.25) is 0 Å². The van der Waals surface area contributed by atoms with Crippen LogP contribution in [0, 0.1) is 10.1 Å². The summed E-state index contributed by atoms with van der Waals surface area (Å²) in [5.74, 6) is -0.564. The number of nitro benzene ring substituents is 1. The Bertz CT molecular complexity index is 1230. The van der Waals surface area contributed by atoms with Crippen LogP contribution in [-0.2, 0) is 4.79 Å². The number of hydrogen-bond acceptors (Lipinski definition) is 8. The molecule has 0 saturated carbocycles. The van der Waals surface area contributed by atoms with E-state index in [0.717, 1.165) is 0 Å². The number of para-hydroxylation sites is 2. The van der Waals surface area contributed by atoms with Crippen molar-refractivity contribution in [2.75, 3.05) is 6.61 Å². The van der Waals surface area contributed by atoms with Crippen LogP contribution < -0.4 is 19.6 Å². The normalized spacial score (nSPS) is 11.5. The smallest absolute Gasteiger partial charge is 0.343 e. The number of hydrazone groups is 1. The molecule has 1 atom stereocenters. The first-order chi connectivity index (χ1) is 16.9. The Balaban J connectivity index is 1.64. The monoisotopic (exact) mass is 477 g/mol. The van der Waals surface area contributed by atoms with Crippen molar-refractivity contribution in [3.05, 3.63) is 94.0 Å². The maximum absolute atomic E-state index is 12.4. The van der Waals surface area contributed by atoms with Crippen molar-refractivity contribution in [3.8, 4) is 17.2 Å². The number of amides is 1. The minimum atomic E-state index is -1.04. The van der Waals surface area contributed by atoms with Gasteiger partial charge in [0.25, 0.3) is 5.91 Å². The fourth-order valence-corrected chi connectivity index (χ4v) is 2.90. The minimum absolute atomic E-state index is 0.0221. The van der Waals surface area contributed by atoms with Gasteiger partial charge >= 0.3 is 11.7 Å². The van der Waals surface area contributed by atoms with Crippen LogP contribution in [0.4, 0.5) is 5.69 Å². The topological polar surface area (TPSA) is 129 Å². The highest BCUT2D eigenvalue weighted by molar-refractivity contribution is 5.91. The van der Waals surface area contributed by atoms with Gasteiger partial charge < -0.3 is 14.2 Å². The largest absolute Gasteiger partial charge is 0.490 e. The molecule has 0 aliphatic carbocycles. The van der Waals surface area contributed by atoms with E-state index in [9.17, 15) is 19.7 Å². The van der Waals surface area contributed by atoms with Gasteiger partial charge in [-0.2, -0.15) is 5.10 Å². The van der Waals surface area contributed by atoms with E-state index in [1.807, 2.05) is 0 Å². The average Bonchev–Trinajstić information content (AvgIpc) is 2.86. The van der Waals surface area contributed by atoms with Crippen molar-refractivity contribution in [1.29, 1.82) is 0 Å². The average molecular weight is 477 g/mol. The molecule has 0 bridgehead atoms. The highest BCUT2D eigenvalue weighted by Crippen LogP contribution is 2.29. The van der Waals surface area contributed by atoms with E-state index in [-0.39, 0.29) is 17.2 Å². The number of rotatable bonds is 10. The molecule has 35 heavy (non-hydrogen) atoms. The van der Waals surface area contributed by atoms with E-state index in [1.165, 1.54) is 31.3 Å². The second-order valence-corrected chi connectivity index (χ2v) is 7.11. The zero-order valence-corrected chi connectivity index (χ0v) is 19.0. The molecule has 0 unspecified atom stereocenters. The van der Waals surface area contributed by atoms with E-state index in [2.05, 4.69) is 10.5 Å². The van der Waals surface area contributed by atoms with E-state index >= 15 is 0 Å². The Morgan fingerprint density at radius 3 is 2.46 bits per heavy atom. The molecule has 3 aromatic rings. The predicted octanol–water partition coefficient (Wildman–Crippen LogP) is 4.13. The third-order valence-corrected chi connectivity index (χ3v) is 4.60. The van der Waals surface area contributed by atoms with Gasteiger partial charge in [0.05, 0.1) is 23.3 Å². The summed E-state index contributed by atoms with van der Waals surface area (Å²) in [5.41, 5.74) is 3.06. The first-order valence-electron chi connectivity index (χ1n) is 10.7. The molecule has 0 aromatic heterocycles. The molecule has 0 spiro atoms. The molecular formula is C25H23N3O7. The molecule has 3 rings (SSSR count). The fraction of sp³-hybridized carbons (Fsp3) is 0.160. The summed E-state index contributed by atoms with van der Waals surface area (Å²) in [6.07, 6.45) is 0.341. The number of carbonyl (C=O) groups excluding carboxylic acids is 2. The molecule has 180 valence electrons. The lowest BCUT2D eigenvalue weighted by atomic mass is 10.2. The van der Waals surface area contributed by atoms with E-state index in [1.54, 1.807) is 61.5 Å². The van der Waals surface area contributed by atoms with Crippen molar-refractivity contribution in [3.63, 3.8) is 0 Å². The zero-order chi connectivity index (χ0) is 25.2. The second kappa shape index (κ2) is 11.9. The summed E-state index contributed by atoms with van der Waals surface area (Å²) in [7, 11) is 0. The molecule has 0 aliphatic heterocycles. The first-order valence-corrected chi connectivity index (χ1v) is 10.7. The van der Waals surface area contributed by atoms with E-state index < -0.39 is 22.9 Å². The van der Waals surface area contributed by atoms with Gasteiger partial charge in [-0.1, -0.05) is 30.3 Å². The highest BCUT2D eigenvalue weighted by atomic mass is 16.6. The molecule has 10 heteroatoms. The zero-order valence-electron chi connectivity index (χ0n) is 19.0. The number of nitrogens with zero attached hydrogens (tertiary/aromatic N) is 2. The second-order valence-electron chi connectivity index (χ2n) is 7.11. The molecular weight excluding hydrogens is 454 g/mol. The molecule has 0 radical (unpaired) electrons.